The molecule has 4 nitrogen and oxygen atoms in total. The zero-order valence-corrected chi connectivity index (χ0v) is 16.5. The zero-order valence-electron chi connectivity index (χ0n) is 14.9. The molecule has 1 amide bonds. The highest BCUT2D eigenvalue weighted by Gasteiger charge is 2.22. The molecule has 1 N–H and O–H groups in total. The summed E-state index contributed by atoms with van der Waals surface area (Å²) in [6.45, 7) is 0. The Morgan fingerprint density at radius 2 is 2.00 bits per heavy atom. The molecule has 26 heavy (non-hydrogen) atoms. The Kier molecular flexibility index (Phi) is 6.33. The van der Waals surface area contributed by atoms with Crippen LogP contribution in [0.5, 0.6) is 11.5 Å². The largest absolute Gasteiger partial charge is 0.493 e. The summed E-state index contributed by atoms with van der Waals surface area (Å²) in [5.41, 5.74) is 2.16. The number of hydrogen-bond acceptors (Lipinski definition) is 4. The molecule has 0 radical (unpaired) electrons. The van der Waals surface area contributed by atoms with Crippen molar-refractivity contribution in [3.05, 3.63) is 52.5 Å². The fraction of sp³-hybridized carbons (Fsp3) is 0.350. The number of halogens is 1. The molecule has 1 aliphatic heterocycles. The van der Waals surface area contributed by atoms with Gasteiger partial charge in [-0.25, -0.2) is 0 Å². The molecule has 0 saturated carbocycles. The molecule has 1 heterocycles. The molecule has 0 aliphatic carbocycles. The van der Waals surface area contributed by atoms with Crippen molar-refractivity contribution in [1.29, 1.82) is 0 Å². The van der Waals surface area contributed by atoms with Crippen molar-refractivity contribution < 1.29 is 14.3 Å². The van der Waals surface area contributed by atoms with E-state index in [0.29, 0.717) is 29.4 Å². The Bertz CT molecular complexity index is 797. The van der Waals surface area contributed by atoms with E-state index in [4.69, 9.17) is 21.1 Å². The minimum Gasteiger partial charge on any atom is -0.493 e. The maximum absolute atomic E-state index is 12.5. The molecular weight excluding hydrogens is 370 g/mol. The van der Waals surface area contributed by atoms with Gasteiger partial charge in [0.1, 0.15) is 0 Å². The van der Waals surface area contributed by atoms with Crippen LogP contribution in [0, 0.1) is 0 Å². The van der Waals surface area contributed by atoms with E-state index in [-0.39, 0.29) is 11.9 Å². The number of ether oxygens (including phenoxy) is 2. The average molecular weight is 392 g/mol. The van der Waals surface area contributed by atoms with Gasteiger partial charge in [-0.3, -0.25) is 4.79 Å². The van der Waals surface area contributed by atoms with Gasteiger partial charge in [0.05, 0.1) is 20.3 Å². The number of nitrogens with one attached hydrogen (secondary N) is 1. The number of carbonyl (C=O) groups is 1. The molecule has 0 saturated heterocycles. The number of aryl methyl sites for hydroxylation is 1. The van der Waals surface area contributed by atoms with Crippen LogP contribution in [0.4, 0.5) is 0 Å². The molecule has 1 aliphatic rings. The third kappa shape index (κ3) is 4.46. The van der Waals surface area contributed by atoms with E-state index in [9.17, 15) is 4.79 Å². The van der Waals surface area contributed by atoms with Crippen LogP contribution in [0.1, 0.15) is 30.0 Å². The second kappa shape index (κ2) is 8.69. The van der Waals surface area contributed by atoms with Crippen molar-refractivity contribution in [2.45, 2.75) is 30.2 Å². The monoisotopic (exact) mass is 391 g/mol. The first-order valence-corrected chi connectivity index (χ1v) is 9.89. The van der Waals surface area contributed by atoms with Crippen LogP contribution in [0.2, 0.25) is 5.02 Å². The summed E-state index contributed by atoms with van der Waals surface area (Å²) in [5.74, 6) is 2.41. The molecule has 2 aromatic rings. The Labute approximate surface area is 163 Å². The van der Waals surface area contributed by atoms with Gasteiger partial charge >= 0.3 is 0 Å². The molecule has 3 rings (SSSR count). The molecule has 2 aromatic carbocycles. The number of benzene rings is 2. The Morgan fingerprint density at radius 3 is 2.77 bits per heavy atom. The second-order valence-electron chi connectivity index (χ2n) is 6.13. The van der Waals surface area contributed by atoms with E-state index >= 15 is 0 Å². The lowest BCUT2D eigenvalue weighted by Gasteiger charge is -2.26. The zero-order chi connectivity index (χ0) is 18.5. The lowest BCUT2D eigenvalue weighted by atomic mass is 10.0. The molecule has 1 unspecified atom stereocenters. The van der Waals surface area contributed by atoms with Crippen LogP contribution in [0.3, 0.4) is 0 Å². The summed E-state index contributed by atoms with van der Waals surface area (Å²) in [7, 11) is 3.22. The van der Waals surface area contributed by atoms with Crippen LogP contribution in [-0.2, 0) is 11.2 Å². The van der Waals surface area contributed by atoms with E-state index in [1.54, 1.807) is 14.2 Å². The molecule has 0 fully saturated rings. The SMILES string of the molecule is COc1ccc(CCC(=O)NC2CCSc3ccc(Cl)cc32)cc1OC. The van der Waals surface area contributed by atoms with Crippen molar-refractivity contribution in [3.8, 4) is 11.5 Å². The van der Waals surface area contributed by atoms with Gasteiger partial charge in [0.2, 0.25) is 5.91 Å². The molecule has 0 bridgehead atoms. The van der Waals surface area contributed by atoms with Crippen LogP contribution in [0.15, 0.2) is 41.3 Å². The quantitative estimate of drug-likeness (QED) is 0.779. The first-order chi connectivity index (χ1) is 12.6. The standard InChI is InChI=1S/C20H22ClNO3S/c1-24-17-6-3-13(11-18(17)25-2)4-8-20(23)22-16-9-10-26-19-7-5-14(21)12-15(16)19/h3,5-7,11-12,16H,4,8-10H2,1-2H3,(H,22,23). The van der Waals surface area contributed by atoms with Crippen molar-refractivity contribution >= 4 is 29.3 Å². The Balaban J connectivity index is 1.61. The highest BCUT2D eigenvalue weighted by molar-refractivity contribution is 7.99. The number of methoxy groups -OCH3 is 2. The van der Waals surface area contributed by atoms with Gasteiger partial charge in [0, 0.05) is 22.1 Å². The van der Waals surface area contributed by atoms with E-state index < -0.39 is 0 Å². The van der Waals surface area contributed by atoms with Crippen LogP contribution >= 0.6 is 23.4 Å². The number of amides is 1. The number of hydrogen-bond donors (Lipinski definition) is 1. The summed E-state index contributed by atoms with van der Waals surface area (Å²) < 4.78 is 10.6. The molecule has 0 spiro atoms. The Morgan fingerprint density at radius 1 is 1.19 bits per heavy atom. The van der Waals surface area contributed by atoms with E-state index in [2.05, 4.69) is 5.32 Å². The number of thioether (sulfide) groups is 1. The molecular formula is C20H22ClNO3S. The van der Waals surface area contributed by atoms with Crippen LogP contribution in [-0.4, -0.2) is 25.9 Å². The van der Waals surface area contributed by atoms with Gasteiger partial charge < -0.3 is 14.8 Å². The minimum absolute atomic E-state index is 0.0304. The van der Waals surface area contributed by atoms with Crippen molar-refractivity contribution in [2.75, 3.05) is 20.0 Å². The third-order valence-corrected chi connectivity index (χ3v) is 5.79. The summed E-state index contributed by atoms with van der Waals surface area (Å²) >= 11 is 7.94. The average Bonchev–Trinajstić information content (AvgIpc) is 2.66. The highest BCUT2D eigenvalue weighted by atomic mass is 35.5. The third-order valence-electron chi connectivity index (χ3n) is 4.44. The molecule has 0 aromatic heterocycles. The van der Waals surface area contributed by atoms with Gasteiger partial charge in [-0.15, -0.1) is 11.8 Å². The molecule has 6 heteroatoms. The maximum Gasteiger partial charge on any atom is 0.220 e. The van der Waals surface area contributed by atoms with Gasteiger partial charge in [0.15, 0.2) is 11.5 Å². The fourth-order valence-electron chi connectivity index (χ4n) is 3.08. The van der Waals surface area contributed by atoms with E-state index in [0.717, 1.165) is 23.3 Å². The highest BCUT2D eigenvalue weighted by Crippen LogP contribution is 2.37. The van der Waals surface area contributed by atoms with Gasteiger partial charge in [-0.05, 0) is 54.3 Å². The molecule has 1 atom stereocenters. The topological polar surface area (TPSA) is 47.6 Å². The minimum atomic E-state index is 0.0304. The van der Waals surface area contributed by atoms with Gasteiger partial charge in [0.25, 0.3) is 0 Å². The summed E-state index contributed by atoms with van der Waals surface area (Å²) in [6.07, 6.45) is 1.99. The normalized spacial score (nSPS) is 15.9. The van der Waals surface area contributed by atoms with Crippen molar-refractivity contribution in [3.63, 3.8) is 0 Å². The predicted molar refractivity (Wildman–Crippen MR) is 106 cm³/mol. The lowest BCUT2D eigenvalue weighted by molar-refractivity contribution is -0.121. The van der Waals surface area contributed by atoms with E-state index in [1.165, 1.54) is 4.90 Å². The van der Waals surface area contributed by atoms with E-state index in [1.807, 2.05) is 48.2 Å². The van der Waals surface area contributed by atoms with Gasteiger partial charge in [-0.1, -0.05) is 17.7 Å². The molecule has 138 valence electrons. The Hall–Kier alpha value is -1.85. The second-order valence-corrected chi connectivity index (χ2v) is 7.70. The maximum atomic E-state index is 12.5. The van der Waals surface area contributed by atoms with Crippen LogP contribution < -0.4 is 14.8 Å². The first kappa shape index (κ1) is 18.9. The van der Waals surface area contributed by atoms with Crippen molar-refractivity contribution in [2.24, 2.45) is 0 Å². The van der Waals surface area contributed by atoms with Crippen LogP contribution in [0.25, 0.3) is 0 Å². The lowest BCUT2D eigenvalue weighted by Crippen LogP contribution is -2.30. The summed E-state index contributed by atoms with van der Waals surface area (Å²) in [4.78, 5) is 13.6. The van der Waals surface area contributed by atoms with Gasteiger partial charge in [-0.2, -0.15) is 0 Å². The van der Waals surface area contributed by atoms with Crippen molar-refractivity contribution in [1.82, 2.24) is 5.32 Å². The fourth-order valence-corrected chi connectivity index (χ4v) is 4.36. The number of carbonyl (C=O) groups excluding carboxylic acids is 1. The summed E-state index contributed by atoms with van der Waals surface area (Å²) in [5, 5.41) is 3.86. The number of fused-ring (bicyclic) bond motifs is 1. The number of rotatable bonds is 6. The summed E-state index contributed by atoms with van der Waals surface area (Å²) in [6, 6.07) is 11.7. The predicted octanol–water partition coefficient (Wildman–Crippen LogP) is 4.64. The first-order valence-electron chi connectivity index (χ1n) is 8.53. The smallest absolute Gasteiger partial charge is 0.220 e.